The lowest BCUT2D eigenvalue weighted by molar-refractivity contribution is 1.20. The molecular formula is C20H23N. The van der Waals surface area contributed by atoms with Crippen molar-refractivity contribution in [3.8, 4) is 0 Å². The van der Waals surface area contributed by atoms with E-state index < -0.39 is 0 Å². The van der Waals surface area contributed by atoms with Crippen LogP contribution in [-0.4, -0.2) is 7.05 Å². The molecule has 2 rings (SSSR count). The maximum Gasteiger partial charge on any atom is 0.0484 e. The molecule has 0 amide bonds. The summed E-state index contributed by atoms with van der Waals surface area (Å²) >= 11 is 0. The predicted molar refractivity (Wildman–Crippen MR) is 93.7 cm³/mol. The third-order valence-electron chi connectivity index (χ3n) is 3.72. The standard InChI is InChI=1S/C20H23N/c1-6-7-20(19-13-10-16(3)14-17(19)4)21(5)18-11-8-15(2)9-12-18/h6-14H,1H2,2-5H3/b20-7+. The molecule has 0 heterocycles. The van der Waals surface area contributed by atoms with Crippen LogP contribution in [0, 0.1) is 20.8 Å². The number of hydrogen-bond donors (Lipinski definition) is 0. The molecule has 0 radical (unpaired) electrons. The zero-order valence-corrected chi connectivity index (χ0v) is 13.4. The van der Waals surface area contributed by atoms with Crippen LogP contribution in [0.4, 0.5) is 5.69 Å². The second-order valence-corrected chi connectivity index (χ2v) is 5.50. The summed E-state index contributed by atoms with van der Waals surface area (Å²) < 4.78 is 0. The highest BCUT2D eigenvalue weighted by Crippen LogP contribution is 2.27. The summed E-state index contributed by atoms with van der Waals surface area (Å²) in [5.74, 6) is 0. The highest BCUT2D eigenvalue weighted by Gasteiger charge is 2.11. The number of nitrogens with zero attached hydrogens (tertiary/aromatic N) is 1. The summed E-state index contributed by atoms with van der Waals surface area (Å²) in [6, 6.07) is 15.1. The van der Waals surface area contributed by atoms with Gasteiger partial charge in [0, 0.05) is 24.0 Å². The molecule has 0 aliphatic heterocycles. The number of allylic oxidation sites excluding steroid dienone is 2. The number of hydrogen-bond acceptors (Lipinski definition) is 1. The molecule has 0 saturated heterocycles. The van der Waals surface area contributed by atoms with Gasteiger partial charge >= 0.3 is 0 Å². The van der Waals surface area contributed by atoms with Gasteiger partial charge < -0.3 is 4.90 Å². The molecule has 2 aromatic carbocycles. The van der Waals surface area contributed by atoms with Gasteiger partial charge in [-0.1, -0.05) is 54.1 Å². The van der Waals surface area contributed by atoms with E-state index in [1.54, 1.807) is 0 Å². The van der Waals surface area contributed by atoms with Crippen LogP contribution in [0.5, 0.6) is 0 Å². The minimum absolute atomic E-state index is 1.16. The lowest BCUT2D eigenvalue weighted by atomic mass is 10.0. The van der Waals surface area contributed by atoms with E-state index in [0.29, 0.717) is 0 Å². The maximum absolute atomic E-state index is 3.86. The van der Waals surface area contributed by atoms with Gasteiger partial charge in [0.1, 0.15) is 0 Å². The molecule has 0 aliphatic rings. The fourth-order valence-corrected chi connectivity index (χ4v) is 2.50. The summed E-state index contributed by atoms with van der Waals surface area (Å²) in [5.41, 5.74) is 7.41. The van der Waals surface area contributed by atoms with Gasteiger partial charge in [0.25, 0.3) is 0 Å². The molecule has 0 N–H and O–H groups in total. The third-order valence-corrected chi connectivity index (χ3v) is 3.72. The monoisotopic (exact) mass is 277 g/mol. The quantitative estimate of drug-likeness (QED) is 0.688. The van der Waals surface area contributed by atoms with Gasteiger partial charge in [-0.05, 0) is 44.5 Å². The number of rotatable bonds is 4. The van der Waals surface area contributed by atoms with Gasteiger partial charge in [0.2, 0.25) is 0 Å². The second kappa shape index (κ2) is 6.45. The number of aryl methyl sites for hydroxylation is 3. The van der Waals surface area contributed by atoms with Crippen molar-refractivity contribution < 1.29 is 0 Å². The fourth-order valence-electron chi connectivity index (χ4n) is 2.50. The van der Waals surface area contributed by atoms with E-state index in [0.717, 1.165) is 5.70 Å². The molecule has 1 nitrogen and oxygen atoms in total. The summed E-state index contributed by atoms with van der Waals surface area (Å²) in [7, 11) is 2.10. The van der Waals surface area contributed by atoms with Gasteiger partial charge in [0.15, 0.2) is 0 Å². The van der Waals surface area contributed by atoms with Crippen LogP contribution >= 0.6 is 0 Å². The van der Waals surface area contributed by atoms with Crippen molar-refractivity contribution >= 4 is 11.4 Å². The lowest BCUT2D eigenvalue weighted by Gasteiger charge is -2.24. The Morgan fingerprint density at radius 1 is 0.952 bits per heavy atom. The van der Waals surface area contributed by atoms with Gasteiger partial charge in [0.05, 0.1) is 0 Å². The molecule has 0 atom stereocenters. The Bertz CT molecular complexity index is 663. The van der Waals surface area contributed by atoms with Gasteiger partial charge in [-0.15, -0.1) is 0 Å². The molecule has 0 bridgehead atoms. The van der Waals surface area contributed by atoms with Crippen LogP contribution in [0.25, 0.3) is 5.70 Å². The predicted octanol–water partition coefficient (Wildman–Crippen LogP) is 5.28. The molecule has 0 saturated carbocycles. The summed E-state index contributed by atoms with van der Waals surface area (Å²) in [6.07, 6.45) is 3.91. The topological polar surface area (TPSA) is 3.24 Å². The Labute approximate surface area is 128 Å². The smallest absolute Gasteiger partial charge is 0.0484 e. The zero-order chi connectivity index (χ0) is 15.4. The first-order valence-corrected chi connectivity index (χ1v) is 7.23. The van der Waals surface area contributed by atoms with E-state index in [-0.39, 0.29) is 0 Å². The highest BCUT2D eigenvalue weighted by molar-refractivity contribution is 5.81. The van der Waals surface area contributed by atoms with E-state index in [2.05, 4.69) is 87.8 Å². The van der Waals surface area contributed by atoms with Crippen molar-refractivity contribution in [3.05, 3.63) is 83.4 Å². The third kappa shape index (κ3) is 3.43. The molecule has 2 aromatic rings. The van der Waals surface area contributed by atoms with Crippen LogP contribution in [0.3, 0.4) is 0 Å². The minimum atomic E-state index is 1.16. The van der Waals surface area contributed by atoms with E-state index >= 15 is 0 Å². The van der Waals surface area contributed by atoms with Crippen molar-refractivity contribution in [2.45, 2.75) is 20.8 Å². The molecule has 21 heavy (non-hydrogen) atoms. The molecule has 0 aliphatic carbocycles. The first-order valence-electron chi connectivity index (χ1n) is 7.23. The number of benzene rings is 2. The van der Waals surface area contributed by atoms with Crippen molar-refractivity contribution in [1.82, 2.24) is 0 Å². The zero-order valence-electron chi connectivity index (χ0n) is 13.4. The first kappa shape index (κ1) is 15.1. The summed E-state index contributed by atoms with van der Waals surface area (Å²) in [5, 5.41) is 0. The number of anilines is 1. The molecule has 1 heteroatoms. The molecular weight excluding hydrogens is 254 g/mol. The largest absolute Gasteiger partial charge is 0.344 e. The normalized spacial score (nSPS) is 11.3. The second-order valence-electron chi connectivity index (χ2n) is 5.50. The Hall–Kier alpha value is -2.28. The Balaban J connectivity index is 2.46. The van der Waals surface area contributed by atoms with Crippen LogP contribution in [0.1, 0.15) is 22.3 Å². The SMILES string of the molecule is C=C/C=C(\c1ccc(C)cc1C)N(C)c1ccc(C)cc1. The molecule has 0 fully saturated rings. The molecule has 0 aromatic heterocycles. The molecule has 108 valence electrons. The fraction of sp³-hybridized carbons (Fsp3) is 0.200. The molecule has 0 unspecified atom stereocenters. The van der Waals surface area contributed by atoms with Crippen molar-refractivity contribution in [1.29, 1.82) is 0 Å². The van der Waals surface area contributed by atoms with E-state index in [4.69, 9.17) is 0 Å². The molecule has 0 spiro atoms. The Kier molecular flexibility index (Phi) is 4.64. The van der Waals surface area contributed by atoms with Crippen LogP contribution in [0.15, 0.2) is 61.2 Å². The van der Waals surface area contributed by atoms with Crippen LogP contribution in [0.2, 0.25) is 0 Å². The van der Waals surface area contributed by atoms with Gasteiger partial charge in [-0.25, -0.2) is 0 Å². The first-order chi connectivity index (χ1) is 10.0. The van der Waals surface area contributed by atoms with Crippen LogP contribution < -0.4 is 4.90 Å². The van der Waals surface area contributed by atoms with Crippen molar-refractivity contribution in [2.24, 2.45) is 0 Å². The maximum atomic E-state index is 3.86. The minimum Gasteiger partial charge on any atom is -0.344 e. The van der Waals surface area contributed by atoms with Crippen LogP contribution in [-0.2, 0) is 0 Å². The summed E-state index contributed by atoms with van der Waals surface area (Å²) in [4.78, 5) is 2.21. The van der Waals surface area contributed by atoms with E-state index in [1.165, 1.54) is 27.9 Å². The summed E-state index contributed by atoms with van der Waals surface area (Å²) in [6.45, 7) is 10.2. The van der Waals surface area contributed by atoms with E-state index in [1.807, 2.05) is 6.08 Å². The van der Waals surface area contributed by atoms with Crippen molar-refractivity contribution in [2.75, 3.05) is 11.9 Å². The van der Waals surface area contributed by atoms with Gasteiger partial charge in [-0.2, -0.15) is 0 Å². The average molecular weight is 277 g/mol. The van der Waals surface area contributed by atoms with E-state index in [9.17, 15) is 0 Å². The van der Waals surface area contributed by atoms with Gasteiger partial charge in [-0.3, -0.25) is 0 Å². The highest BCUT2D eigenvalue weighted by atomic mass is 15.1. The Morgan fingerprint density at radius 2 is 1.57 bits per heavy atom. The average Bonchev–Trinajstić information content (AvgIpc) is 2.46. The van der Waals surface area contributed by atoms with Crippen molar-refractivity contribution in [3.63, 3.8) is 0 Å². The lowest BCUT2D eigenvalue weighted by Crippen LogP contribution is -2.16. The Morgan fingerprint density at radius 3 is 2.14 bits per heavy atom.